The minimum Gasteiger partial charge on any atom is -0.325 e. The highest BCUT2D eigenvalue weighted by molar-refractivity contribution is 7.99. The van der Waals surface area contributed by atoms with Gasteiger partial charge in [-0.25, -0.2) is 0 Å². The van der Waals surface area contributed by atoms with E-state index in [1.54, 1.807) is 6.07 Å². The SMILES string of the molecule is N#Cc1cccc(CSCC(=O)Nc2ccccc2)c1. The first kappa shape index (κ1) is 14.2. The number of nitriles is 1. The third-order valence-electron chi connectivity index (χ3n) is 2.62. The average Bonchev–Trinajstić information content (AvgIpc) is 2.48. The van der Waals surface area contributed by atoms with Crippen LogP contribution >= 0.6 is 11.8 Å². The molecule has 2 rings (SSSR count). The molecule has 0 radical (unpaired) electrons. The monoisotopic (exact) mass is 282 g/mol. The molecule has 4 heteroatoms. The summed E-state index contributed by atoms with van der Waals surface area (Å²) in [6.45, 7) is 0. The number of hydrogen-bond donors (Lipinski definition) is 1. The first-order valence-corrected chi connectivity index (χ1v) is 7.35. The van der Waals surface area contributed by atoms with Crippen molar-refractivity contribution in [2.45, 2.75) is 5.75 Å². The Bertz CT molecular complexity index is 620. The van der Waals surface area contributed by atoms with Crippen LogP contribution in [0.25, 0.3) is 0 Å². The molecule has 0 fully saturated rings. The lowest BCUT2D eigenvalue weighted by Gasteiger charge is -2.05. The summed E-state index contributed by atoms with van der Waals surface area (Å²) < 4.78 is 0. The first-order valence-electron chi connectivity index (χ1n) is 6.19. The zero-order valence-corrected chi connectivity index (χ0v) is 11.7. The summed E-state index contributed by atoms with van der Waals surface area (Å²) in [5.41, 5.74) is 2.52. The Morgan fingerprint density at radius 1 is 1.15 bits per heavy atom. The van der Waals surface area contributed by atoms with Crippen molar-refractivity contribution >= 4 is 23.4 Å². The molecule has 0 aliphatic carbocycles. The highest BCUT2D eigenvalue weighted by Gasteiger charge is 2.03. The summed E-state index contributed by atoms with van der Waals surface area (Å²) >= 11 is 1.53. The molecule has 1 amide bonds. The number of carbonyl (C=O) groups is 1. The van der Waals surface area contributed by atoms with Gasteiger partial charge in [-0.2, -0.15) is 5.26 Å². The smallest absolute Gasteiger partial charge is 0.234 e. The number of anilines is 1. The molecule has 0 spiro atoms. The molecule has 0 heterocycles. The summed E-state index contributed by atoms with van der Waals surface area (Å²) in [6.07, 6.45) is 0. The number of amides is 1. The second-order valence-electron chi connectivity index (χ2n) is 4.22. The van der Waals surface area contributed by atoms with E-state index < -0.39 is 0 Å². The van der Waals surface area contributed by atoms with Gasteiger partial charge in [-0.1, -0.05) is 30.3 Å². The second kappa shape index (κ2) is 7.37. The van der Waals surface area contributed by atoms with E-state index in [1.165, 1.54) is 11.8 Å². The normalized spacial score (nSPS) is 9.75. The van der Waals surface area contributed by atoms with Gasteiger partial charge >= 0.3 is 0 Å². The van der Waals surface area contributed by atoms with Crippen molar-refractivity contribution in [2.75, 3.05) is 11.1 Å². The van der Waals surface area contributed by atoms with Gasteiger partial charge < -0.3 is 5.32 Å². The van der Waals surface area contributed by atoms with Gasteiger partial charge in [-0.3, -0.25) is 4.79 Å². The van der Waals surface area contributed by atoms with E-state index >= 15 is 0 Å². The predicted molar refractivity (Wildman–Crippen MR) is 82.4 cm³/mol. The highest BCUT2D eigenvalue weighted by Crippen LogP contribution is 2.14. The molecular weight excluding hydrogens is 268 g/mol. The van der Waals surface area contributed by atoms with E-state index in [4.69, 9.17) is 5.26 Å². The van der Waals surface area contributed by atoms with Gasteiger partial charge in [0, 0.05) is 11.4 Å². The van der Waals surface area contributed by atoms with E-state index in [9.17, 15) is 4.79 Å². The van der Waals surface area contributed by atoms with Crippen LogP contribution in [0.15, 0.2) is 54.6 Å². The Labute approximate surface area is 122 Å². The number of nitrogens with one attached hydrogen (secondary N) is 1. The quantitative estimate of drug-likeness (QED) is 0.914. The van der Waals surface area contributed by atoms with Crippen LogP contribution in [0, 0.1) is 11.3 Å². The second-order valence-corrected chi connectivity index (χ2v) is 5.20. The van der Waals surface area contributed by atoms with Gasteiger partial charge in [0.2, 0.25) is 5.91 Å². The van der Waals surface area contributed by atoms with Crippen LogP contribution in [-0.4, -0.2) is 11.7 Å². The summed E-state index contributed by atoms with van der Waals surface area (Å²) in [7, 11) is 0. The molecule has 0 aromatic heterocycles. The number of rotatable bonds is 5. The maximum absolute atomic E-state index is 11.7. The lowest BCUT2D eigenvalue weighted by Crippen LogP contribution is -2.13. The number of para-hydroxylation sites is 1. The minimum atomic E-state index is -0.0161. The third-order valence-corrected chi connectivity index (χ3v) is 3.62. The number of nitrogens with zero attached hydrogens (tertiary/aromatic N) is 1. The molecule has 2 aromatic rings. The van der Waals surface area contributed by atoms with Gasteiger partial charge in [0.25, 0.3) is 0 Å². The van der Waals surface area contributed by atoms with Crippen LogP contribution in [0.5, 0.6) is 0 Å². The number of hydrogen-bond acceptors (Lipinski definition) is 3. The largest absolute Gasteiger partial charge is 0.325 e. The van der Waals surface area contributed by atoms with Gasteiger partial charge in [0.1, 0.15) is 0 Å². The van der Waals surface area contributed by atoms with E-state index in [-0.39, 0.29) is 5.91 Å². The van der Waals surface area contributed by atoms with Crippen LogP contribution in [0.4, 0.5) is 5.69 Å². The Morgan fingerprint density at radius 3 is 2.70 bits per heavy atom. The molecule has 0 aliphatic rings. The van der Waals surface area contributed by atoms with E-state index in [1.807, 2.05) is 48.5 Å². The number of benzene rings is 2. The minimum absolute atomic E-state index is 0.0161. The maximum Gasteiger partial charge on any atom is 0.234 e. The van der Waals surface area contributed by atoms with Crippen LogP contribution in [0.1, 0.15) is 11.1 Å². The van der Waals surface area contributed by atoms with Crippen molar-refractivity contribution in [3.05, 3.63) is 65.7 Å². The molecule has 3 nitrogen and oxygen atoms in total. The molecule has 20 heavy (non-hydrogen) atoms. The molecule has 0 bridgehead atoms. The average molecular weight is 282 g/mol. The van der Waals surface area contributed by atoms with E-state index in [0.29, 0.717) is 11.3 Å². The molecule has 0 saturated carbocycles. The molecule has 2 aromatic carbocycles. The summed E-state index contributed by atoms with van der Waals surface area (Å²) in [5.74, 6) is 1.10. The molecule has 0 saturated heterocycles. The van der Waals surface area contributed by atoms with Crippen LogP contribution in [0.2, 0.25) is 0 Å². The molecular formula is C16H14N2OS. The standard InChI is InChI=1S/C16H14N2OS/c17-10-13-5-4-6-14(9-13)11-20-12-16(19)18-15-7-2-1-3-8-15/h1-9H,11-12H2,(H,18,19). The first-order chi connectivity index (χ1) is 9.78. The maximum atomic E-state index is 11.7. The lowest BCUT2D eigenvalue weighted by atomic mass is 10.2. The molecule has 1 N–H and O–H groups in total. The van der Waals surface area contributed by atoms with Gasteiger partial charge in [-0.05, 0) is 29.8 Å². The van der Waals surface area contributed by atoms with Crippen molar-refractivity contribution in [3.63, 3.8) is 0 Å². The van der Waals surface area contributed by atoms with Crippen molar-refractivity contribution in [3.8, 4) is 6.07 Å². The third kappa shape index (κ3) is 4.45. The van der Waals surface area contributed by atoms with Crippen molar-refractivity contribution < 1.29 is 4.79 Å². The van der Waals surface area contributed by atoms with Crippen LogP contribution in [0.3, 0.4) is 0 Å². The fourth-order valence-corrected chi connectivity index (χ4v) is 2.49. The van der Waals surface area contributed by atoms with Crippen LogP contribution in [-0.2, 0) is 10.5 Å². The Hall–Kier alpha value is -2.25. The van der Waals surface area contributed by atoms with Gasteiger partial charge in [-0.15, -0.1) is 11.8 Å². The van der Waals surface area contributed by atoms with Gasteiger partial charge in [0.05, 0.1) is 17.4 Å². The fourth-order valence-electron chi connectivity index (χ4n) is 1.71. The fraction of sp³-hybridized carbons (Fsp3) is 0.125. The molecule has 0 atom stereocenters. The highest BCUT2D eigenvalue weighted by atomic mass is 32.2. The van der Waals surface area contributed by atoms with Crippen molar-refractivity contribution in [1.29, 1.82) is 5.26 Å². The van der Waals surface area contributed by atoms with Gasteiger partial charge in [0.15, 0.2) is 0 Å². The van der Waals surface area contributed by atoms with E-state index in [2.05, 4.69) is 11.4 Å². The van der Waals surface area contributed by atoms with Crippen molar-refractivity contribution in [1.82, 2.24) is 0 Å². The molecule has 100 valence electrons. The predicted octanol–water partition coefficient (Wildman–Crippen LogP) is 3.43. The summed E-state index contributed by atoms with van der Waals surface area (Å²) in [4.78, 5) is 11.7. The summed E-state index contributed by atoms with van der Waals surface area (Å²) in [6, 6.07) is 19.0. The summed E-state index contributed by atoms with van der Waals surface area (Å²) in [5, 5.41) is 11.7. The zero-order chi connectivity index (χ0) is 14.2. The Kier molecular flexibility index (Phi) is 5.22. The number of thioether (sulfide) groups is 1. The zero-order valence-electron chi connectivity index (χ0n) is 10.9. The van der Waals surface area contributed by atoms with E-state index in [0.717, 1.165) is 17.0 Å². The van der Waals surface area contributed by atoms with Crippen LogP contribution < -0.4 is 5.32 Å². The molecule has 0 aliphatic heterocycles. The number of carbonyl (C=O) groups excluding carboxylic acids is 1. The Morgan fingerprint density at radius 2 is 1.95 bits per heavy atom. The lowest BCUT2D eigenvalue weighted by molar-refractivity contribution is -0.113. The topological polar surface area (TPSA) is 52.9 Å². The van der Waals surface area contributed by atoms with Crippen molar-refractivity contribution in [2.24, 2.45) is 0 Å². The Balaban J connectivity index is 1.78. The molecule has 0 unspecified atom stereocenters.